The molecule has 0 aliphatic rings. The predicted molar refractivity (Wildman–Crippen MR) is 55.7 cm³/mol. The smallest absolute Gasteiger partial charge is 0.258 e. The molecule has 0 radical (unpaired) electrons. The highest BCUT2D eigenvalue weighted by molar-refractivity contribution is 5.71. The summed E-state index contributed by atoms with van der Waals surface area (Å²) in [4.78, 5) is 1.94. The molecule has 0 N–H and O–H groups in total. The minimum absolute atomic E-state index is 0.456. The SMILES string of the molecule is CN(C)c1ccc([N+]([O-])=CC#N)cc1. The molecule has 0 saturated heterocycles. The molecule has 0 aromatic heterocycles. The second-order valence-electron chi connectivity index (χ2n) is 2.99. The molecule has 0 aliphatic carbocycles. The minimum atomic E-state index is 0.456. The van der Waals surface area contributed by atoms with Crippen molar-refractivity contribution in [2.75, 3.05) is 19.0 Å². The molecule has 14 heavy (non-hydrogen) atoms. The molecular weight excluding hydrogens is 178 g/mol. The van der Waals surface area contributed by atoms with Crippen molar-refractivity contribution < 1.29 is 4.74 Å². The molecule has 1 rings (SSSR count). The average Bonchev–Trinajstić information content (AvgIpc) is 2.18. The third-order valence-corrected chi connectivity index (χ3v) is 1.80. The van der Waals surface area contributed by atoms with E-state index in [2.05, 4.69) is 0 Å². The quantitative estimate of drug-likeness (QED) is 0.306. The standard InChI is InChI=1S/C10H11N3O/c1-12(2)9-3-5-10(6-4-9)13(14)8-7-11/h3-6,8H,1-2H3. The van der Waals surface area contributed by atoms with E-state index in [0.717, 1.165) is 11.9 Å². The van der Waals surface area contributed by atoms with Gasteiger partial charge >= 0.3 is 0 Å². The lowest BCUT2D eigenvalue weighted by Gasteiger charge is -2.11. The van der Waals surface area contributed by atoms with Crippen molar-refractivity contribution in [3.63, 3.8) is 0 Å². The van der Waals surface area contributed by atoms with Gasteiger partial charge in [0.1, 0.15) is 0 Å². The van der Waals surface area contributed by atoms with Gasteiger partial charge in [-0.3, -0.25) is 0 Å². The first kappa shape index (κ1) is 10.1. The first-order chi connectivity index (χ1) is 6.65. The summed E-state index contributed by atoms with van der Waals surface area (Å²) in [5.74, 6) is 0. The van der Waals surface area contributed by atoms with E-state index >= 15 is 0 Å². The maximum Gasteiger partial charge on any atom is 0.258 e. The Morgan fingerprint density at radius 2 is 1.93 bits per heavy atom. The van der Waals surface area contributed by atoms with Crippen LogP contribution in [0.2, 0.25) is 0 Å². The van der Waals surface area contributed by atoms with Crippen LogP contribution >= 0.6 is 0 Å². The normalized spacial score (nSPS) is 10.8. The maximum absolute atomic E-state index is 11.2. The summed E-state index contributed by atoms with van der Waals surface area (Å²) in [5, 5.41) is 19.4. The number of nitrogens with zero attached hydrogens (tertiary/aromatic N) is 3. The van der Waals surface area contributed by atoms with Crippen LogP contribution in [-0.2, 0) is 0 Å². The van der Waals surface area contributed by atoms with E-state index in [4.69, 9.17) is 5.26 Å². The van der Waals surface area contributed by atoms with Crippen LogP contribution in [0.15, 0.2) is 24.3 Å². The van der Waals surface area contributed by atoms with Crippen LogP contribution in [0.5, 0.6) is 0 Å². The summed E-state index contributed by atoms with van der Waals surface area (Å²) >= 11 is 0. The topological polar surface area (TPSA) is 53.1 Å². The molecule has 0 fully saturated rings. The highest BCUT2D eigenvalue weighted by atomic mass is 16.5. The molecule has 0 atom stereocenters. The highest BCUT2D eigenvalue weighted by Gasteiger charge is 2.01. The summed E-state index contributed by atoms with van der Waals surface area (Å²) in [7, 11) is 3.84. The first-order valence-electron chi connectivity index (χ1n) is 4.12. The molecule has 4 heteroatoms. The number of nitriles is 1. The van der Waals surface area contributed by atoms with E-state index in [1.54, 1.807) is 18.2 Å². The van der Waals surface area contributed by atoms with E-state index in [0.29, 0.717) is 10.4 Å². The predicted octanol–water partition coefficient (Wildman–Crippen LogP) is 1.49. The number of anilines is 1. The largest absolute Gasteiger partial charge is 0.618 e. The Kier molecular flexibility index (Phi) is 3.08. The monoisotopic (exact) mass is 189 g/mol. The Bertz CT molecular complexity index is 373. The molecular formula is C10H11N3O. The van der Waals surface area contributed by atoms with Crippen molar-refractivity contribution in [3.8, 4) is 6.07 Å². The summed E-state index contributed by atoms with van der Waals surface area (Å²) in [6, 6.07) is 8.68. The molecule has 0 amide bonds. The van der Waals surface area contributed by atoms with Crippen molar-refractivity contribution in [2.24, 2.45) is 0 Å². The van der Waals surface area contributed by atoms with E-state index < -0.39 is 0 Å². The van der Waals surface area contributed by atoms with Gasteiger partial charge in [-0.25, -0.2) is 0 Å². The summed E-state index contributed by atoms with van der Waals surface area (Å²) in [5.41, 5.74) is 1.47. The fourth-order valence-electron chi connectivity index (χ4n) is 1.02. The fraction of sp³-hybridized carbons (Fsp3) is 0.200. The van der Waals surface area contributed by atoms with Crippen LogP contribution in [0.25, 0.3) is 0 Å². The molecule has 0 bridgehead atoms. The molecule has 4 nitrogen and oxygen atoms in total. The van der Waals surface area contributed by atoms with Gasteiger partial charge in [0.15, 0.2) is 6.07 Å². The second kappa shape index (κ2) is 4.28. The van der Waals surface area contributed by atoms with Crippen LogP contribution < -0.4 is 4.90 Å². The van der Waals surface area contributed by atoms with Gasteiger partial charge in [0, 0.05) is 31.9 Å². The molecule has 0 unspecified atom stereocenters. The zero-order valence-electron chi connectivity index (χ0n) is 8.14. The van der Waals surface area contributed by atoms with Gasteiger partial charge in [-0.2, -0.15) is 10.0 Å². The van der Waals surface area contributed by atoms with Crippen molar-refractivity contribution in [3.05, 3.63) is 29.5 Å². The van der Waals surface area contributed by atoms with Crippen LogP contribution in [0.3, 0.4) is 0 Å². The third kappa shape index (κ3) is 2.23. The van der Waals surface area contributed by atoms with Gasteiger partial charge in [0.05, 0.1) is 0 Å². The van der Waals surface area contributed by atoms with E-state index in [1.165, 1.54) is 0 Å². The van der Waals surface area contributed by atoms with Gasteiger partial charge in [0.2, 0.25) is 5.69 Å². The second-order valence-corrected chi connectivity index (χ2v) is 2.99. The molecule has 1 aromatic carbocycles. The maximum atomic E-state index is 11.2. The molecule has 0 aliphatic heterocycles. The fourth-order valence-corrected chi connectivity index (χ4v) is 1.02. The third-order valence-electron chi connectivity index (χ3n) is 1.80. The summed E-state index contributed by atoms with van der Waals surface area (Å²) in [6.45, 7) is 0. The Morgan fingerprint density at radius 3 is 2.36 bits per heavy atom. The van der Waals surface area contributed by atoms with Crippen molar-refractivity contribution in [2.45, 2.75) is 0 Å². The number of benzene rings is 1. The van der Waals surface area contributed by atoms with E-state index in [-0.39, 0.29) is 0 Å². The average molecular weight is 189 g/mol. The Hall–Kier alpha value is -2.02. The van der Waals surface area contributed by atoms with E-state index in [1.807, 2.05) is 31.1 Å². The number of hydrogen-bond donors (Lipinski definition) is 0. The zero-order chi connectivity index (χ0) is 10.6. The Balaban J connectivity index is 2.95. The Morgan fingerprint density at radius 1 is 1.36 bits per heavy atom. The molecule has 0 heterocycles. The minimum Gasteiger partial charge on any atom is -0.618 e. The summed E-state index contributed by atoms with van der Waals surface area (Å²) < 4.78 is 0.541. The summed E-state index contributed by atoms with van der Waals surface area (Å²) in [6.07, 6.45) is 0.921. The van der Waals surface area contributed by atoms with Crippen LogP contribution in [0, 0.1) is 16.5 Å². The van der Waals surface area contributed by atoms with Crippen molar-refractivity contribution >= 4 is 17.6 Å². The first-order valence-corrected chi connectivity index (χ1v) is 4.12. The van der Waals surface area contributed by atoms with Crippen molar-refractivity contribution in [1.29, 1.82) is 5.26 Å². The molecule has 1 aromatic rings. The van der Waals surface area contributed by atoms with Gasteiger partial charge in [-0.15, -0.1) is 0 Å². The highest BCUT2D eigenvalue weighted by Crippen LogP contribution is 2.16. The zero-order valence-corrected chi connectivity index (χ0v) is 8.14. The lowest BCUT2D eigenvalue weighted by atomic mass is 10.3. The molecule has 0 saturated carbocycles. The van der Waals surface area contributed by atoms with Gasteiger partial charge in [-0.05, 0) is 12.1 Å². The number of rotatable bonds is 2. The van der Waals surface area contributed by atoms with Crippen LogP contribution in [0.4, 0.5) is 11.4 Å². The molecule has 0 spiro atoms. The van der Waals surface area contributed by atoms with Crippen LogP contribution in [-0.4, -0.2) is 25.0 Å². The van der Waals surface area contributed by atoms with Gasteiger partial charge in [0.25, 0.3) is 6.21 Å². The van der Waals surface area contributed by atoms with Gasteiger partial charge < -0.3 is 10.1 Å². The van der Waals surface area contributed by atoms with E-state index in [9.17, 15) is 5.21 Å². The van der Waals surface area contributed by atoms with Gasteiger partial charge in [-0.1, -0.05) is 0 Å². The molecule has 72 valence electrons. The van der Waals surface area contributed by atoms with Crippen molar-refractivity contribution in [1.82, 2.24) is 0 Å². The number of hydrogen-bond acceptors (Lipinski definition) is 3. The Labute approximate surface area is 82.9 Å². The van der Waals surface area contributed by atoms with Crippen LogP contribution in [0.1, 0.15) is 0 Å². The lowest BCUT2D eigenvalue weighted by Crippen LogP contribution is -2.08. The lowest BCUT2D eigenvalue weighted by molar-refractivity contribution is -0.353.